The molecule has 0 aliphatic rings. The Morgan fingerprint density at radius 1 is 1.44 bits per heavy atom. The number of carbonyl (C=O) groups excluding carboxylic acids is 1. The van der Waals surface area contributed by atoms with Gasteiger partial charge in [0.1, 0.15) is 10.7 Å². The van der Waals surface area contributed by atoms with Gasteiger partial charge in [-0.05, 0) is 12.8 Å². The van der Waals surface area contributed by atoms with Crippen LogP contribution in [0.25, 0.3) is 0 Å². The molecule has 2 N–H and O–H groups in total. The summed E-state index contributed by atoms with van der Waals surface area (Å²) in [5, 5.41) is 0.761. The standard InChI is InChI=1S/C12H22N4OS/c1-6-16(7-8(2)3)11(17)9-10(13)14-12(18-9)15(4)5/h8H,6-7,13H2,1-5H3. The molecular weight excluding hydrogens is 248 g/mol. The third-order valence-corrected chi connectivity index (χ3v) is 3.70. The molecule has 0 bridgehead atoms. The van der Waals surface area contributed by atoms with E-state index in [1.807, 2.05) is 30.8 Å². The van der Waals surface area contributed by atoms with Crippen LogP contribution in [0, 0.1) is 5.92 Å². The number of thiazole rings is 1. The lowest BCUT2D eigenvalue weighted by molar-refractivity contribution is 0.0751. The van der Waals surface area contributed by atoms with Crippen molar-refractivity contribution in [3.8, 4) is 0 Å². The summed E-state index contributed by atoms with van der Waals surface area (Å²) in [4.78, 5) is 20.8. The molecule has 0 spiro atoms. The van der Waals surface area contributed by atoms with Gasteiger partial charge >= 0.3 is 0 Å². The first-order valence-corrected chi connectivity index (χ1v) is 6.91. The minimum atomic E-state index is -0.0192. The van der Waals surface area contributed by atoms with E-state index in [1.165, 1.54) is 11.3 Å². The van der Waals surface area contributed by atoms with E-state index < -0.39 is 0 Å². The molecule has 1 heterocycles. The third-order valence-electron chi connectivity index (χ3n) is 2.47. The lowest BCUT2D eigenvalue weighted by atomic mass is 10.2. The molecule has 6 heteroatoms. The first-order valence-electron chi connectivity index (χ1n) is 6.09. The predicted molar refractivity (Wildman–Crippen MR) is 77.3 cm³/mol. The van der Waals surface area contributed by atoms with Gasteiger partial charge in [0.15, 0.2) is 5.13 Å². The molecule has 18 heavy (non-hydrogen) atoms. The van der Waals surface area contributed by atoms with E-state index in [4.69, 9.17) is 5.73 Å². The maximum Gasteiger partial charge on any atom is 0.267 e. The number of nitrogens with zero attached hydrogens (tertiary/aromatic N) is 3. The number of nitrogen functional groups attached to an aromatic ring is 1. The summed E-state index contributed by atoms with van der Waals surface area (Å²) in [5.41, 5.74) is 5.83. The minimum Gasteiger partial charge on any atom is -0.382 e. The second-order valence-corrected chi connectivity index (χ2v) is 5.82. The van der Waals surface area contributed by atoms with E-state index in [2.05, 4.69) is 18.8 Å². The van der Waals surface area contributed by atoms with Gasteiger partial charge in [0, 0.05) is 27.2 Å². The summed E-state index contributed by atoms with van der Waals surface area (Å²) < 4.78 is 0. The van der Waals surface area contributed by atoms with Crippen LogP contribution in [0.3, 0.4) is 0 Å². The third kappa shape index (κ3) is 3.35. The molecule has 0 aromatic carbocycles. The number of rotatable bonds is 5. The Labute approximate surface area is 113 Å². The van der Waals surface area contributed by atoms with Crippen molar-refractivity contribution in [2.45, 2.75) is 20.8 Å². The Hall–Kier alpha value is -1.30. The van der Waals surface area contributed by atoms with Gasteiger partial charge < -0.3 is 15.5 Å². The van der Waals surface area contributed by atoms with Gasteiger partial charge in [-0.2, -0.15) is 0 Å². The summed E-state index contributed by atoms with van der Waals surface area (Å²) >= 11 is 1.35. The summed E-state index contributed by atoms with van der Waals surface area (Å²) in [6, 6.07) is 0. The average Bonchev–Trinajstić information content (AvgIpc) is 2.67. The monoisotopic (exact) mass is 270 g/mol. The molecule has 0 fully saturated rings. The largest absolute Gasteiger partial charge is 0.382 e. The van der Waals surface area contributed by atoms with E-state index in [9.17, 15) is 4.79 Å². The Morgan fingerprint density at radius 2 is 2.06 bits per heavy atom. The molecule has 1 aromatic heterocycles. The molecule has 0 atom stereocenters. The Bertz CT molecular complexity index is 414. The Kier molecular flexibility index (Phi) is 4.95. The number of anilines is 2. The van der Waals surface area contributed by atoms with Crippen molar-refractivity contribution in [1.82, 2.24) is 9.88 Å². The van der Waals surface area contributed by atoms with Crippen molar-refractivity contribution in [2.24, 2.45) is 5.92 Å². The summed E-state index contributed by atoms with van der Waals surface area (Å²) in [5.74, 6) is 0.751. The van der Waals surface area contributed by atoms with Crippen molar-refractivity contribution in [3.63, 3.8) is 0 Å². The van der Waals surface area contributed by atoms with Crippen molar-refractivity contribution >= 4 is 28.2 Å². The highest BCUT2D eigenvalue weighted by Gasteiger charge is 2.22. The molecule has 0 saturated heterocycles. The van der Waals surface area contributed by atoms with Crippen LogP contribution in [0.2, 0.25) is 0 Å². The normalized spacial score (nSPS) is 10.8. The molecule has 0 unspecified atom stereocenters. The fourth-order valence-electron chi connectivity index (χ4n) is 1.60. The van der Waals surface area contributed by atoms with Crippen LogP contribution < -0.4 is 10.6 Å². The first kappa shape index (κ1) is 14.8. The highest BCUT2D eigenvalue weighted by molar-refractivity contribution is 7.18. The quantitative estimate of drug-likeness (QED) is 0.887. The van der Waals surface area contributed by atoms with E-state index in [1.54, 1.807) is 0 Å². The van der Waals surface area contributed by atoms with Gasteiger partial charge in [-0.25, -0.2) is 4.98 Å². The van der Waals surface area contributed by atoms with Crippen LogP contribution in [-0.2, 0) is 0 Å². The molecule has 102 valence electrons. The molecule has 0 aliphatic carbocycles. The summed E-state index contributed by atoms with van der Waals surface area (Å²) in [7, 11) is 3.77. The highest BCUT2D eigenvalue weighted by atomic mass is 32.1. The number of hydrogen-bond acceptors (Lipinski definition) is 5. The van der Waals surface area contributed by atoms with Crippen molar-refractivity contribution in [1.29, 1.82) is 0 Å². The fraction of sp³-hybridized carbons (Fsp3) is 0.667. The molecule has 0 saturated carbocycles. The maximum atomic E-state index is 12.4. The minimum absolute atomic E-state index is 0.0192. The average molecular weight is 270 g/mol. The van der Waals surface area contributed by atoms with E-state index >= 15 is 0 Å². The highest BCUT2D eigenvalue weighted by Crippen LogP contribution is 2.28. The second kappa shape index (κ2) is 6.04. The van der Waals surface area contributed by atoms with Gasteiger partial charge in [0.05, 0.1) is 0 Å². The Morgan fingerprint density at radius 3 is 2.44 bits per heavy atom. The maximum absolute atomic E-state index is 12.4. The van der Waals surface area contributed by atoms with Gasteiger partial charge in [-0.1, -0.05) is 25.2 Å². The Balaban J connectivity index is 2.94. The van der Waals surface area contributed by atoms with Gasteiger partial charge in [-0.15, -0.1) is 0 Å². The SMILES string of the molecule is CCN(CC(C)C)C(=O)c1sc(N(C)C)nc1N. The second-order valence-electron chi connectivity index (χ2n) is 4.84. The van der Waals surface area contributed by atoms with E-state index in [0.717, 1.165) is 11.7 Å². The zero-order valence-corrected chi connectivity index (χ0v) is 12.5. The first-order chi connectivity index (χ1) is 8.36. The lowest BCUT2D eigenvalue weighted by Gasteiger charge is -2.22. The van der Waals surface area contributed by atoms with Crippen molar-refractivity contribution < 1.29 is 4.79 Å². The molecule has 5 nitrogen and oxygen atoms in total. The molecule has 1 rings (SSSR count). The van der Waals surface area contributed by atoms with Crippen LogP contribution in [0.1, 0.15) is 30.4 Å². The number of hydrogen-bond donors (Lipinski definition) is 1. The number of carbonyl (C=O) groups is 1. The van der Waals surface area contributed by atoms with Crippen LogP contribution in [-0.4, -0.2) is 43.0 Å². The topological polar surface area (TPSA) is 62.5 Å². The number of aromatic nitrogens is 1. The van der Waals surface area contributed by atoms with Gasteiger partial charge in [0.2, 0.25) is 0 Å². The summed E-state index contributed by atoms with van der Waals surface area (Å²) in [6.45, 7) is 7.59. The van der Waals surface area contributed by atoms with Crippen LogP contribution in [0.4, 0.5) is 10.9 Å². The molecule has 1 amide bonds. The van der Waals surface area contributed by atoms with Crippen molar-refractivity contribution in [2.75, 3.05) is 37.8 Å². The fourth-order valence-corrected chi connectivity index (χ4v) is 2.48. The van der Waals surface area contributed by atoms with Crippen molar-refractivity contribution in [3.05, 3.63) is 4.88 Å². The van der Waals surface area contributed by atoms with Crippen LogP contribution in [0.15, 0.2) is 0 Å². The zero-order valence-electron chi connectivity index (χ0n) is 11.7. The van der Waals surface area contributed by atoms with E-state index in [0.29, 0.717) is 23.2 Å². The number of nitrogens with two attached hydrogens (primary N) is 1. The van der Waals surface area contributed by atoms with Crippen LogP contribution >= 0.6 is 11.3 Å². The summed E-state index contributed by atoms with van der Waals surface area (Å²) in [6.07, 6.45) is 0. The lowest BCUT2D eigenvalue weighted by Crippen LogP contribution is -2.33. The molecule has 0 aliphatic heterocycles. The molecule has 1 aromatic rings. The van der Waals surface area contributed by atoms with Crippen LogP contribution in [0.5, 0.6) is 0 Å². The van der Waals surface area contributed by atoms with Gasteiger partial charge in [0.25, 0.3) is 5.91 Å². The molecule has 0 radical (unpaired) electrons. The smallest absolute Gasteiger partial charge is 0.267 e. The van der Waals surface area contributed by atoms with E-state index in [-0.39, 0.29) is 5.91 Å². The van der Waals surface area contributed by atoms with Gasteiger partial charge in [-0.3, -0.25) is 4.79 Å². The predicted octanol–water partition coefficient (Wildman–Crippen LogP) is 1.91. The number of amides is 1. The molecular formula is C12H22N4OS. The zero-order chi connectivity index (χ0) is 13.9.